The van der Waals surface area contributed by atoms with Crippen molar-refractivity contribution in [3.05, 3.63) is 78.6 Å². The number of pyridine rings is 1. The van der Waals surface area contributed by atoms with Gasteiger partial charge < -0.3 is 0 Å². The van der Waals surface area contributed by atoms with Crippen LogP contribution >= 0.6 is 0 Å². The first-order valence-corrected chi connectivity index (χ1v) is 5.99. The molecule has 2 aromatic carbocycles. The van der Waals surface area contributed by atoms with Crippen LogP contribution in [-0.4, -0.2) is 0 Å². The molecule has 0 unspecified atom stereocenters. The molecule has 1 aromatic heterocycles. The quantitative estimate of drug-likeness (QED) is 0.637. The molecule has 3 aromatic rings. The van der Waals surface area contributed by atoms with Gasteiger partial charge in [-0.15, -0.1) is 0 Å². The van der Waals surface area contributed by atoms with Gasteiger partial charge in [0.1, 0.15) is 0 Å². The number of benzene rings is 2. The average Bonchev–Trinajstić information content (AvgIpc) is 2.46. The summed E-state index contributed by atoms with van der Waals surface area (Å²) in [6, 6.07) is 20.5. The topological polar surface area (TPSA) is 13.1 Å². The molecule has 0 bridgehead atoms. The second-order valence-corrected chi connectivity index (χ2v) is 4.19. The summed E-state index contributed by atoms with van der Waals surface area (Å²) in [4.78, 5) is 5.72. The molecule has 1 heterocycles. The minimum Gasteiger partial charge on any atom is -0.267 e. The van der Waals surface area contributed by atoms with Crippen molar-refractivity contribution in [2.75, 3.05) is 0 Å². The standard InChI is InChI=1S/C16H14NO/c1-2-6-14(7-3-1)13-18-17-11-10-15-8-4-5-9-16(15)12-17/h1-12H,13H2/q+1. The first kappa shape index (κ1) is 10.8. The zero-order valence-electron chi connectivity index (χ0n) is 9.99. The fraction of sp³-hybridized carbons (Fsp3) is 0.0625. The van der Waals surface area contributed by atoms with E-state index in [0.717, 1.165) is 5.56 Å². The van der Waals surface area contributed by atoms with Crippen molar-refractivity contribution in [3.63, 3.8) is 0 Å². The number of hydrogen-bond donors (Lipinski definition) is 0. The maximum absolute atomic E-state index is 5.72. The minimum atomic E-state index is 0.573. The normalized spacial score (nSPS) is 10.4. The second-order valence-electron chi connectivity index (χ2n) is 4.19. The van der Waals surface area contributed by atoms with Crippen LogP contribution in [-0.2, 0) is 6.61 Å². The lowest BCUT2D eigenvalue weighted by molar-refractivity contribution is -0.894. The highest BCUT2D eigenvalue weighted by Crippen LogP contribution is 2.09. The molecule has 0 saturated heterocycles. The highest BCUT2D eigenvalue weighted by molar-refractivity contribution is 5.80. The fourth-order valence-corrected chi connectivity index (χ4v) is 1.92. The number of fused-ring (bicyclic) bond motifs is 1. The van der Waals surface area contributed by atoms with Gasteiger partial charge in [-0.1, -0.05) is 48.5 Å². The van der Waals surface area contributed by atoms with Crippen LogP contribution < -0.4 is 9.57 Å². The van der Waals surface area contributed by atoms with Crippen LogP contribution in [0.5, 0.6) is 0 Å². The summed E-state index contributed by atoms with van der Waals surface area (Å²) >= 11 is 0. The molecule has 0 radical (unpaired) electrons. The summed E-state index contributed by atoms with van der Waals surface area (Å²) in [5.41, 5.74) is 1.16. The molecule has 0 aliphatic heterocycles. The molecule has 0 fully saturated rings. The molecule has 2 nitrogen and oxygen atoms in total. The maximum Gasteiger partial charge on any atom is 0.230 e. The van der Waals surface area contributed by atoms with Crippen molar-refractivity contribution in [1.82, 2.24) is 0 Å². The Labute approximate surface area is 106 Å². The van der Waals surface area contributed by atoms with Gasteiger partial charge in [-0.3, -0.25) is 4.84 Å². The van der Waals surface area contributed by atoms with Gasteiger partial charge in [-0.05, 0) is 17.0 Å². The minimum absolute atomic E-state index is 0.573. The first-order valence-electron chi connectivity index (χ1n) is 5.99. The van der Waals surface area contributed by atoms with E-state index in [4.69, 9.17) is 4.84 Å². The van der Waals surface area contributed by atoms with E-state index in [2.05, 4.69) is 30.3 Å². The van der Waals surface area contributed by atoms with Gasteiger partial charge >= 0.3 is 0 Å². The molecule has 0 atom stereocenters. The molecule has 0 saturated carbocycles. The maximum atomic E-state index is 5.72. The third-order valence-electron chi connectivity index (χ3n) is 2.89. The Hall–Kier alpha value is -2.35. The highest BCUT2D eigenvalue weighted by Gasteiger charge is 2.04. The summed E-state index contributed by atoms with van der Waals surface area (Å²) < 4.78 is 1.76. The van der Waals surface area contributed by atoms with Crippen LogP contribution in [0.1, 0.15) is 5.56 Å². The highest BCUT2D eigenvalue weighted by atomic mass is 16.7. The van der Waals surface area contributed by atoms with Crippen LogP contribution in [0.4, 0.5) is 0 Å². The Morgan fingerprint density at radius 3 is 2.33 bits per heavy atom. The van der Waals surface area contributed by atoms with Crippen molar-refractivity contribution in [2.24, 2.45) is 0 Å². The van der Waals surface area contributed by atoms with E-state index in [1.165, 1.54) is 10.8 Å². The van der Waals surface area contributed by atoms with Crippen molar-refractivity contribution < 1.29 is 9.57 Å². The SMILES string of the molecule is c1ccc(CO[n+]2ccc3ccccc3c2)cc1. The van der Waals surface area contributed by atoms with Gasteiger partial charge in [0.05, 0.1) is 5.39 Å². The Balaban J connectivity index is 1.79. The van der Waals surface area contributed by atoms with Gasteiger partial charge in [0.15, 0.2) is 6.61 Å². The van der Waals surface area contributed by atoms with E-state index < -0.39 is 0 Å². The molecule has 0 N–H and O–H groups in total. The molecule has 0 spiro atoms. The molecular weight excluding hydrogens is 222 g/mol. The Bertz CT molecular complexity index is 649. The van der Waals surface area contributed by atoms with Crippen LogP contribution in [0.3, 0.4) is 0 Å². The average molecular weight is 236 g/mol. The number of nitrogens with zero attached hydrogens (tertiary/aromatic N) is 1. The number of hydrogen-bond acceptors (Lipinski definition) is 1. The number of aromatic nitrogens is 1. The molecule has 0 aliphatic rings. The molecule has 0 amide bonds. The van der Waals surface area contributed by atoms with Crippen molar-refractivity contribution in [1.29, 1.82) is 0 Å². The zero-order chi connectivity index (χ0) is 12.2. The van der Waals surface area contributed by atoms with Crippen molar-refractivity contribution in [3.8, 4) is 0 Å². The third-order valence-corrected chi connectivity index (χ3v) is 2.89. The molecule has 18 heavy (non-hydrogen) atoms. The molecule has 88 valence electrons. The molecule has 3 rings (SSSR count). The lowest BCUT2D eigenvalue weighted by atomic mass is 10.2. The zero-order valence-corrected chi connectivity index (χ0v) is 9.99. The molecule has 2 heteroatoms. The van der Waals surface area contributed by atoms with Crippen molar-refractivity contribution >= 4 is 10.8 Å². The van der Waals surface area contributed by atoms with E-state index in [-0.39, 0.29) is 0 Å². The van der Waals surface area contributed by atoms with Crippen LogP contribution in [0, 0.1) is 0 Å². The van der Waals surface area contributed by atoms with E-state index in [1.807, 2.05) is 42.7 Å². The Morgan fingerprint density at radius 1 is 0.778 bits per heavy atom. The molecule has 0 aliphatic carbocycles. The summed E-state index contributed by atoms with van der Waals surface area (Å²) in [6.45, 7) is 0.573. The largest absolute Gasteiger partial charge is 0.267 e. The third kappa shape index (κ3) is 2.33. The lowest BCUT2D eigenvalue weighted by Crippen LogP contribution is -2.41. The van der Waals surface area contributed by atoms with Gasteiger partial charge in [0.25, 0.3) is 0 Å². The summed E-state index contributed by atoms with van der Waals surface area (Å²) in [6.07, 6.45) is 3.93. The fourth-order valence-electron chi connectivity index (χ4n) is 1.92. The number of rotatable bonds is 3. The van der Waals surface area contributed by atoms with Crippen LogP contribution in [0.15, 0.2) is 73.1 Å². The summed E-state index contributed by atoms with van der Waals surface area (Å²) in [5.74, 6) is 0. The predicted octanol–water partition coefficient (Wildman–Crippen LogP) is 2.76. The Morgan fingerprint density at radius 2 is 1.50 bits per heavy atom. The van der Waals surface area contributed by atoms with Gasteiger partial charge in [-0.2, -0.15) is 0 Å². The van der Waals surface area contributed by atoms with E-state index in [1.54, 1.807) is 4.73 Å². The van der Waals surface area contributed by atoms with Crippen LogP contribution in [0.25, 0.3) is 10.8 Å². The lowest BCUT2D eigenvalue weighted by Gasteiger charge is -2.00. The molecular formula is C16H14NO+. The van der Waals surface area contributed by atoms with Gasteiger partial charge in [-0.25, -0.2) is 0 Å². The van der Waals surface area contributed by atoms with Crippen molar-refractivity contribution in [2.45, 2.75) is 6.61 Å². The van der Waals surface area contributed by atoms with E-state index in [9.17, 15) is 0 Å². The van der Waals surface area contributed by atoms with Gasteiger partial charge in [0.2, 0.25) is 12.4 Å². The first-order chi connectivity index (χ1) is 8.92. The predicted molar refractivity (Wildman–Crippen MR) is 70.9 cm³/mol. The monoisotopic (exact) mass is 236 g/mol. The second kappa shape index (κ2) is 4.88. The van der Waals surface area contributed by atoms with Crippen LogP contribution in [0.2, 0.25) is 0 Å². The van der Waals surface area contributed by atoms with E-state index in [0.29, 0.717) is 6.61 Å². The summed E-state index contributed by atoms with van der Waals surface area (Å²) in [7, 11) is 0. The van der Waals surface area contributed by atoms with Gasteiger partial charge in [0, 0.05) is 10.8 Å². The van der Waals surface area contributed by atoms with E-state index >= 15 is 0 Å². The smallest absolute Gasteiger partial charge is 0.230 e. The summed E-state index contributed by atoms with van der Waals surface area (Å²) in [5, 5.41) is 2.39. The Kier molecular flexibility index (Phi) is 2.92.